The minimum Gasteiger partial charge on any atom is -0.341 e. The maximum absolute atomic E-state index is 12.7. The third-order valence-corrected chi connectivity index (χ3v) is 6.81. The van der Waals surface area contributed by atoms with Crippen LogP contribution >= 0.6 is 11.6 Å². The number of likely N-dealkylation sites (tertiary alicyclic amines) is 1. The topological polar surface area (TPSA) is 80.1 Å². The second kappa shape index (κ2) is 7.64. The predicted molar refractivity (Wildman–Crippen MR) is 118 cm³/mol. The van der Waals surface area contributed by atoms with Crippen molar-refractivity contribution in [1.82, 2.24) is 25.0 Å². The van der Waals surface area contributed by atoms with Crippen molar-refractivity contribution in [2.24, 2.45) is 5.41 Å². The minimum atomic E-state index is -0.572. The van der Waals surface area contributed by atoms with E-state index in [4.69, 9.17) is 11.6 Å². The quantitative estimate of drug-likeness (QED) is 0.676. The maximum Gasteiger partial charge on any atom is 0.253 e. The van der Waals surface area contributed by atoms with Crippen LogP contribution in [0.1, 0.15) is 43.0 Å². The molecule has 1 N–H and O–H groups in total. The molecule has 0 bridgehead atoms. The summed E-state index contributed by atoms with van der Waals surface area (Å²) in [7, 11) is 0. The standard InChI is InChI=1S/C23H24ClN5O2/c1-15(22(31)28-10-8-23(6-7-23)9-11-28)27-21(30)17-3-5-20(25-13-17)29-19-12-18(24)4-2-16(19)14-26-29/h2-5,12-15H,6-11H2,1H3,(H,27,30)/t15-/m1/s1. The zero-order valence-electron chi connectivity index (χ0n) is 17.3. The SMILES string of the molecule is C[C@@H](NC(=O)c1ccc(-n2ncc3ccc(Cl)cc32)nc1)C(=O)N1CCC2(CC1)CC2. The van der Waals surface area contributed by atoms with Crippen molar-refractivity contribution in [3.63, 3.8) is 0 Å². The smallest absolute Gasteiger partial charge is 0.253 e. The Morgan fingerprint density at radius 1 is 1.10 bits per heavy atom. The molecule has 2 fully saturated rings. The van der Waals surface area contributed by atoms with Crippen LogP contribution in [0.15, 0.2) is 42.7 Å². The zero-order chi connectivity index (χ0) is 21.6. The van der Waals surface area contributed by atoms with Gasteiger partial charge in [-0.2, -0.15) is 5.10 Å². The molecule has 1 spiro atoms. The summed E-state index contributed by atoms with van der Waals surface area (Å²) in [5, 5.41) is 8.74. The summed E-state index contributed by atoms with van der Waals surface area (Å²) < 4.78 is 1.68. The summed E-state index contributed by atoms with van der Waals surface area (Å²) in [6.07, 6.45) is 8.00. The van der Waals surface area contributed by atoms with E-state index in [0.29, 0.717) is 21.8 Å². The van der Waals surface area contributed by atoms with E-state index in [0.717, 1.165) is 36.8 Å². The molecular formula is C23H24ClN5O2. The van der Waals surface area contributed by atoms with Crippen LogP contribution in [0.25, 0.3) is 16.7 Å². The van der Waals surface area contributed by atoms with Crippen LogP contribution in [0, 0.1) is 5.41 Å². The van der Waals surface area contributed by atoms with E-state index >= 15 is 0 Å². The highest BCUT2D eigenvalue weighted by atomic mass is 35.5. The van der Waals surface area contributed by atoms with Gasteiger partial charge in [0.15, 0.2) is 5.82 Å². The molecule has 8 heteroatoms. The molecular weight excluding hydrogens is 414 g/mol. The van der Waals surface area contributed by atoms with Gasteiger partial charge in [-0.05, 0) is 68.4 Å². The van der Waals surface area contributed by atoms with E-state index in [2.05, 4.69) is 15.4 Å². The van der Waals surface area contributed by atoms with Gasteiger partial charge < -0.3 is 10.2 Å². The number of nitrogens with one attached hydrogen (secondary N) is 1. The predicted octanol–water partition coefficient (Wildman–Crippen LogP) is 3.59. The molecule has 2 amide bonds. The van der Waals surface area contributed by atoms with E-state index in [1.54, 1.807) is 29.9 Å². The number of aromatic nitrogens is 3. The van der Waals surface area contributed by atoms with Crippen LogP contribution in [0.5, 0.6) is 0 Å². The number of piperidine rings is 1. The lowest BCUT2D eigenvalue weighted by molar-refractivity contribution is -0.134. The molecule has 1 saturated heterocycles. The fourth-order valence-corrected chi connectivity index (χ4v) is 4.48. The fraction of sp³-hybridized carbons (Fsp3) is 0.391. The number of hydrogen-bond donors (Lipinski definition) is 1. The Morgan fingerprint density at radius 3 is 2.55 bits per heavy atom. The van der Waals surface area contributed by atoms with Crippen molar-refractivity contribution in [3.05, 3.63) is 53.3 Å². The first-order valence-corrected chi connectivity index (χ1v) is 11.0. The van der Waals surface area contributed by atoms with Crippen LogP contribution in [0.3, 0.4) is 0 Å². The molecule has 2 aromatic heterocycles. The second-order valence-corrected chi connectivity index (χ2v) is 9.12. The number of pyridine rings is 1. The summed E-state index contributed by atoms with van der Waals surface area (Å²) in [4.78, 5) is 31.6. The Balaban J connectivity index is 1.24. The van der Waals surface area contributed by atoms with Crippen LogP contribution in [0.2, 0.25) is 5.02 Å². The number of hydrogen-bond acceptors (Lipinski definition) is 4. The van der Waals surface area contributed by atoms with Gasteiger partial charge in [-0.25, -0.2) is 9.67 Å². The maximum atomic E-state index is 12.7. The van der Waals surface area contributed by atoms with Gasteiger partial charge in [0.05, 0.1) is 17.3 Å². The molecule has 160 valence electrons. The van der Waals surface area contributed by atoms with E-state index in [1.165, 1.54) is 19.0 Å². The number of halogens is 1. The van der Waals surface area contributed by atoms with Crippen molar-refractivity contribution in [2.75, 3.05) is 13.1 Å². The number of benzene rings is 1. The van der Waals surface area contributed by atoms with E-state index < -0.39 is 6.04 Å². The molecule has 3 heterocycles. The van der Waals surface area contributed by atoms with Crippen LogP contribution in [0.4, 0.5) is 0 Å². The van der Waals surface area contributed by atoms with Crippen LogP contribution in [-0.4, -0.2) is 50.6 Å². The average Bonchev–Trinajstić information content (AvgIpc) is 3.40. The second-order valence-electron chi connectivity index (χ2n) is 8.69. The first-order chi connectivity index (χ1) is 14.9. The molecule has 7 nitrogen and oxygen atoms in total. The summed E-state index contributed by atoms with van der Waals surface area (Å²) in [5.74, 6) is 0.248. The lowest BCUT2D eigenvalue weighted by atomic mass is 9.93. The number of carbonyl (C=O) groups is 2. The molecule has 0 radical (unpaired) electrons. The zero-order valence-corrected chi connectivity index (χ0v) is 18.1. The summed E-state index contributed by atoms with van der Waals surface area (Å²) in [6, 6.07) is 8.38. The van der Waals surface area contributed by atoms with Crippen molar-refractivity contribution in [1.29, 1.82) is 0 Å². The van der Waals surface area contributed by atoms with Gasteiger partial charge >= 0.3 is 0 Å². The van der Waals surface area contributed by atoms with Gasteiger partial charge in [-0.1, -0.05) is 11.6 Å². The molecule has 0 unspecified atom stereocenters. The monoisotopic (exact) mass is 437 g/mol. The number of rotatable bonds is 4. The first kappa shape index (κ1) is 20.0. The van der Waals surface area contributed by atoms with Crippen LogP contribution in [-0.2, 0) is 4.79 Å². The molecule has 1 aliphatic heterocycles. The molecule has 1 atom stereocenters. The highest BCUT2D eigenvalue weighted by Gasteiger charge is 2.45. The Kier molecular flexibility index (Phi) is 4.93. The third-order valence-electron chi connectivity index (χ3n) is 6.57. The van der Waals surface area contributed by atoms with Gasteiger partial charge in [0.1, 0.15) is 6.04 Å². The van der Waals surface area contributed by atoms with E-state index in [9.17, 15) is 9.59 Å². The van der Waals surface area contributed by atoms with Crippen molar-refractivity contribution in [3.8, 4) is 5.82 Å². The van der Waals surface area contributed by atoms with Crippen molar-refractivity contribution < 1.29 is 9.59 Å². The molecule has 1 aromatic carbocycles. The Hall–Kier alpha value is -2.93. The molecule has 1 saturated carbocycles. The van der Waals surface area contributed by atoms with Crippen molar-refractivity contribution >= 4 is 34.3 Å². The minimum absolute atomic E-state index is 0.0201. The summed E-state index contributed by atoms with van der Waals surface area (Å²) in [6.45, 7) is 3.32. The molecule has 2 aliphatic rings. The van der Waals surface area contributed by atoms with Gasteiger partial charge in [0.2, 0.25) is 5.91 Å². The number of fused-ring (bicyclic) bond motifs is 1. The molecule has 5 rings (SSSR count). The lowest BCUT2D eigenvalue weighted by Crippen LogP contribution is -2.49. The normalized spacial score (nSPS) is 18.2. The Labute approximate surface area is 185 Å². The summed E-state index contributed by atoms with van der Waals surface area (Å²) in [5.41, 5.74) is 1.75. The molecule has 3 aromatic rings. The highest BCUT2D eigenvalue weighted by molar-refractivity contribution is 6.31. The number of nitrogens with zero attached hydrogens (tertiary/aromatic N) is 4. The molecule has 31 heavy (non-hydrogen) atoms. The number of carbonyl (C=O) groups excluding carboxylic acids is 2. The molecule has 1 aliphatic carbocycles. The largest absolute Gasteiger partial charge is 0.341 e. The first-order valence-electron chi connectivity index (χ1n) is 10.6. The Bertz CT molecular complexity index is 1140. The Morgan fingerprint density at radius 2 is 1.87 bits per heavy atom. The van der Waals surface area contributed by atoms with E-state index in [-0.39, 0.29) is 11.8 Å². The van der Waals surface area contributed by atoms with Crippen LogP contribution < -0.4 is 5.32 Å². The van der Waals surface area contributed by atoms with Gasteiger partial charge in [-0.3, -0.25) is 9.59 Å². The van der Waals surface area contributed by atoms with Crippen molar-refractivity contribution in [2.45, 2.75) is 38.6 Å². The van der Waals surface area contributed by atoms with Gasteiger partial charge in [0.25, 0.3) is 5.91 Å². The highest BCUT2D eigenvalue weighted by Crippen LogP contribution is 2.53. The van der Waals surface area contributed by atoms with Gasteiger partial charge in [-0.15, -0.1) is 0 Å². The van der Waals surface area contributed by atoms with Gasteiger partial charge in [0, 0.05) is 29.7 Å². The van der Waals surface area contributed by atoms with E-state index in [1.807, 2.05) is 23.1 Å². The number of amides is 2. The lowest BCUT2D eigenvalue weighted by Gasteiger charge is -2.33. The third kappa shape index (κ3) is 3.90. The fourth-order valence-electron chi connectivity index (χ4n) is 4.31. The summed E-state index contributed by atoms with van der Waals surface area (Å²) >= 11 is 6.10. The average molecular weight is 438 g/mol.